The highest BCUT2D eigenvalue weighted by atomic mass is 16.7. The predicted molar refractivity (Wildman–Crippen MR) is 145 cm³/mol. The quantitative estimate of drug-likeness (QED) is 0.301. The molecule has 0 N–H and O–H groups in total. The Hall–Kier alpha value is -2.59. The first-order valence-corrected chi connectivity index (χ1v) is 12.9. The molecule has 0 saturated carbocycles. The molecule has 1 fully saturated rings. The number of carbonyl (C=O) groups is 3. The van der Waals surface area contributed by atoms with Crippen molar-refractivity contribution in [2.45, 2.75) is 118 Å². The molecule has 2 rings (SSSR count). The van der Waals surface area contributed by atoms with Crippen LogP contribution in [0.4, 0.5) is 9.59 Å². The van der Waals surface area contributed by atoms with Gasteiger partial charge in [0, 0.05) is 6.42 Å². The van der Waals surface area contributed by atoms with Crippen LogP contribution in [0.25, 0.3) is 0 Å². The molecule has 38 heavy (non-hydrogen) atoms. The first kappa shape index (κ1) is 31.6. The van der Waals surface area contributed by atoms with Gasteiger partial charge in [0.1, 0.15) is 17.2 Å². The van der Waals surface area contributed by atoms with Gasteiger partial charge in [-0.1, -0.05) is 12.1 Å². The number of methoxy groups -OCH3 is 1. The van der Waals surface area contributed by atoms with E-state index < -0.39 is 53.7 Å². The summed E-state index contributed by atoms with van der Waals surface area (Å²) in [6.45, 7) is 21.8. The Bertz CT molecular complexity index is 1020. The average molecular weight is 533 g/mol. The molecule has 1 aliphatic heterocycles. The molecule has 1 heterocycles. The van der Waals surface area contributed by atoms with E-state index in [0.29, 0.717) is 15.9 Å². The maximum absolute atomic E-state index is 13.3. The van der Waals surface area contributed by atoms with E-state index in [0.717, 1.165) is 11.1 Å². The number of nitrogens with zero attached hydrogens (tertiary/aromatic N) is 1. The highest BCUT2D eigenvalue weighted by molar-refractivity contribution is 6.62. The Balaban J connectivity index is 2.63. The zero-order valence-corrected chi connectivity index (χ0v) is 25.2. The van der Waals surface area contributed by atoms with Crippen molar-refractivity contribution < 1.29 is 37.9 Å². The van der Waals surface area contributed by atoms with Gasteiger partial charge in [0.25, 0.3) is 0 Å². The first-order valence-electron chi connectivity index (χ1n) is 12.9. The van der Waals surface area contributed by atoms with Crippen LogP contribution < -0.4 is 5.46 Å². The Kier molecular flexibility index (Phi) is 9.06. The monoisotopic (exact) mass is 533 g/mol. The molecule has 0 aliphatic carbocycles. The Labute approximate surface area is 227 Å². The van der Waals surface area contributed by atoms with Crippen molar-refractivity contribution >= 4 is 30.7 Å². The smallest absolute Gasteiger partial charge is 0.467 e. The average Bonchev–Trinajstić information content (AvgIpc) is 2.93. The van der Waals surface area contributed by atoms with Crippen LogP contribution in [-0.2, 0) is 34.7 Å². The van der Waals surface area contributed by atoms with Crippen LogP contribution in [0.1, 0.15) is 85.9 Å². The first-order chi connectivity index (χ1) is 17.1. The fraction of sp³-hybridized carbons (Fsp3) is 0.679. The van der Waals surface area contributed by atoms with Gasteiger partial charge >= 0.3 is 25.3 Å². The van der Waals surface area contributed by atoms with E-state index in [-0.39, 0.29) is 6.42 Å². The van der Waals surface area contributed by atoms with E-state index in [1.165, 1.54) is 7.11 Å². The third kappa shape index (κ3) is 7.50. The fourth-order valence-electron chi connectivity index (χ4n) is 3.84. The largest absolute Gasteiger partial charge is 0.495 e. The number of hydrogen-bond acceptors (Lipinski definition) is 8. The second-order valence-corrected chi connectivity index (χ2v) is 12.8. The standard InChI is InChI=1S/C28H44BNO8/c1-17-14-19(20(15-18(17)2)29-37-27(9,10)28(11,12)38-29)16-21(22(31)34-13)30(23(32)35-25(3,4)5)24(33)36-26(6,7)8/h14-15,21H,16H2,1-13H3. The number of amides is 2. The van der Waals surface area contributed by atoms with Crippen molar-refractivity contribution in [3.8, 4) is 0 Å². The minimum atomic E-state index is -1.37. The van der Waals surface area contributed by atoms with Crippen LogP contribution in [0.3, 0.4) is 0 Å². The van der Waals surface area contributed by atoms with E-state index in [1.54, 1.807) is 41.5 Å². The summed E-state index contributed by atoms with van der Waals surface area (Å²) in [7, 11) is 0.483. The summed E-state index contributed by atoms with van der Waals surface area (Å²) in [6, 6.07) is 2.49. The number of esters is 1. The Morgan fingerprint density at radius 3 is 1.68 bits per heavy atom. The molecule has 2 amide bonds. The van der Waals surface area contributed by atoms with Gasteiger partial charge in [0.05, 0.1) is 18.3 Å². The van der Waals surface area contributed by atoms with E-state index in [1.807, 2.05) is 53.7 Å². The number of aryl methyl sites for hydroxylation is 2. The van der Waals surface area contributed by atoms with Gasteiger partial charge in [0.2, 0.25) is 0 Å². The maximum atomic E-state index is 13.3. The molecular formula is C28H44BNO8. The number of hydrogen-bond donors (Lipinski definition) is 0. The van der Waals surface area contributed by atoms with Crippen LogP contribution in [-0.4, -0.2) is 65.7 Å². The molecule has 9 nitrogen and oxygen atoms in total. The summed E-state index contributed by atoms with van der Waals surface area (Å²) < 4.78 is 28.7. The number of imide groups is 1. The lowest BCUT2D eigenvalue weighted by Crippen LogP contribution is -2.53. The van der Waals surface area contributed by atoms with Crippen molar-refractivity contribution in [1.82, 2.24) is 4.90 Å². The lowest BCUT2D eigenvalue weighted by molar-refractivity contribution is -0.146. The topological polar surface area (TPSA) is 101 Å². The summed E-state index contributed by atoms with van der Waals surface area (Å²) in [5.74, 6) is -0.792. The minimum absolute atomic E-state index is 0.0638. The van der Waals surface area contributed by atoms with Gasteiger partial charge in [-0.05, 0) is 105 Å². The van der Waals surface area contributed by atoms with Crippen LogP contribution in [0.2, 0.25) is 0 Å². The molecular weight excluding hydrogens is 489 g/mol. The van der Waals surface area contributed by atoms with Gasteiger partial charge in [-0.3, -0.25) is 0 Å². The van der Waals surface area contributed by atoms with Gasteiger partial charge in [-0.2, -0.15) is 4.90 Å². The molecule has 10 heteroatoms. The molecule has 0 radical (unpaired) electrons. The second kappa shape index (κ2) is 10.9. The lowest BCUT2D eigenvalue weighted by atomic mass is 9.73. The predicted octanol–water partition coefficient (Wildman–Crippen LogP) is 4.86. The second-order valence-electron chi connectivity index (χ2n) is 12.8. The van der Waals surface area contributed by atoms with Gasteiger partial charge in [-0.25, -0.2) is 14.4 Å². The highest BCUT2D eigenvalue weighted by Gasteiger charge is 2.52. The van der Waals surface area contributed by atoms with Crippen LogP contribution in [0.5, 0.6) is 0 Å². The number of carbonyl (C=O) groups excluding carboxylic acids is 3. The summed E-state index contributed by atoms with van der Waals surface area (Å²) in [5, 5.41) is 0. The summed E-state index contributed by atoms with van der Waals surface area (Å²) >= 11 is 0. The third-order valence-electron chi connectivity index (χ3n) is 6.64. The van der Waals surface area contributed by atoms with Crippen molar-refractivity contribution in [2.75, 3.05) is 7.11 Å². The molecule has 1 unspecified atom stereocenters. The highest BCUT2D eigenvalue weighted by Crippen LogP contribution is 2.37. The molecule has 1 saturated heterocycles. The lowest BCUT2D eigenvalue weighted by Gasteiger charge is -2.32. The van der Waals surface area contributed by atoms with Gasteiger partial charge in [-0.15, -0.1) is 0 Å². The van der Waals surface area contributed by atoms with Crippen LogP contribution in [0, 0.1) is 13.8 Å². The van der Waals surface area contributed by atoms with Crippen LogP contribution >= 0.6 is 0 Å². The van der Waals surface area contributed by atoms with E-state index in [4.69, 9.17) is 23.5 Å². The zero-order valence-electron chi connectivity index (χ0n) is 25.2. The number of benzene rings is 1. The maximum Gasteiger partial charge on any atom is 0.495 e. The number of rotatable bonds is 5. The van der Waals surface area contributed by atoms with Gasteiger partial charge < -0.3 is 23.5 Å². The molecule has 1 aromatic carbocycles. The summed E-state index contributed by atoms with van der Waals surface area (Å²) in [4.78, 5) is 40.5. The van der Waals surface area contributed by atoms with Crippen LogP contribution in [0.15, 0.2) is 12.1 Å². The van der Waals surface area contributed by atoms with E-state index >= 15 is 0 Å². The number of ether oxygens (including phenoxy) is 3. The fourth-order valence-corrected chi connectivity index (χ4v) is 3.84. The summed E-state index contributed by atoms with van der Waals surface area (Å²) in [6.07, 6.45) is -2.09. The molecule has 212 valence electrons. The van der Waals surface area contributed by atoms with E-state index in [9.17, 15) is 14.4 Å². The van der Waals surface area contributed by atoms with Crippen molar-refractivity contribution in [1.29, 1.82) is 0 Å². The summed E-state index contributed by atoms with van der Waals surface area (Å²) in [5.41, 5.74) is 0.309. The minimum Gasteiger partial charge on any atom is -0.467 e. The van der Waals surface area contributed by atoms with Gasteiger partial charge in [0.15, 0.2) is 0 Å². The Morgan fingerprint density at radius 2 is 1.29 bits per heavy atom. The van der Waals surface area contributed by atoms with Crippen molar-refractivity contribution in [2.24, 2.45) is 0 Å². The van der Waals surface area contributed by atoms with Crippen molar-refractivity contribution in [3.05, 3.63) is 28.8 Å². The van der Waals surface area contributed by atoms with Crippen molar-refractivity contribution in [3.63, 3.8) is 0 Å². The molecule has 1 aliphatic rings. The SMILES string of the molecule is COC(=O)C(Cc1cc(C)c(C)cc1B1OC(C)(C)C(C)(C)O1)N(C(=O)OC(C)(C)C)C(=O)OC(C)(C)C. The Morgan fingerprint density at radius 1 is 0.868 bits per heavy atom. The normalized spacial score (nSPS) is 17.6. The molecule has 1 atom stereocenters. The molecule has 0 aromatic heterocycles. The molecule has 0 bridgehead atoms. The molecule has 0 spiro atoms. The van der Waals surface area contributed by atoms with E-state index in [2.05, 4.69) is 0 Å². The zero-order chi connectivity index (χ0) is 29.4. The molecule has 1 aromatic rings. The third-order valence-corrected chi connectivity index (χ3v) is 6.64.